The molecule has 0 heterocycles. The van der Waals surface area contributed by atoms with Crippen LogP contribution in [0.3, 0.4) is 0 Å². The van der Waals surface area contributed by atoms with Crippen LogP contribution in [0, 0.1) is 5.92 Å². The molecular weight excluding hydrogens is 304 g/mol. The predicted molar refractivity (Wildman–Crippen MR) is 81.6 cm³/mol. The maximum Gasteiger partial charge on any atom is 0.172 e. The number of fused-ring (bicyclic) bond motifs is 1. The minimum Gasteiger partial charge on any atom is -0.486 e. The molecule has 0 N–H and O–H groups in total. The summed E-state index contributed by atoms with van der Waals surface area (Å²) in [7, 11) is 0. The van der Waals surface area contributed by atoms with Crippen molar-refractivity contribution in [1.29, 1.82) is 0 Å². The molecule has 19 heavy (non-hydrogen) atoms. The number of carbonyl (C=O) groups is 1. The first-order chi connectivity index (χ1) is 9.10. The van der Waals surface area contributed by atoms with Gasteiger partial charge in [-0.2, -0.15) is 0 Å². The lowest BCUT2D eigenvalue weighted by molar-refractivity contribution is -0.124. The van der Waals surface area contributed by atoms with Gasteiger partial charge in [-0.25, -0.2) is 0 Å². The van der Waals surface area contributed by atoms with Gasteiger partial charge in [0.2, 0.25) is 0 Å². The Labute approximate surface area is 121 Å². The molecule has 100 valence electrons. The van der Waals surface area contributed by atoms with E-state index in [1.807, 2.05) is 44.2 Å². The Kier molecular flexibility index (Phi) is 4.59. The molecule has 0 aliphatic carbocycles. The van der Waals surface area contributed by atoms with Crippen molar-refractivity contribution in [1.82, 2.24) is 0 Å². The molecule has 0 aliphatic rings. The molecule has 0 amide bonds. The van der Waals surface area contributed by atoms with E-state index in [0.717, 1.165) is 27.4 Å². The van der Waals surface area contributed by atoms with Crippen LogP contribution in [-0.2, 0) is 4.79 Å². The van der Waals surface area contributed by atoms with Crippen LogP contribution in [0.25, 0.3) is 10.8 Å². The molecule has 0 radical (unpaired) electrons. The minimum atomic E-state index is 0.0661. The number of benzene rings is 2. The van der Waals surface area contributed by atoms with Gasteiger partial charge in [-0.15, -0.1) is 0 Å². The molecule has 2 aromatic carbocycles. The Balaban J connectivity index is 2.09. The summed E-state index contributed by atoms with van der Waals surface area (Å²) in [5, 5.41) is 2.26. The second-order valence-corrected chi connectivity index (χ2v) is 5.63. The summed E-state index contributed by atoms with van der Waals surface area (Å²) in [6.45, 7) is 4.09. The van der Waals surface area contributed by atoms with E-state index in [0.29, 0.717) is 0 Å². The Hall–Kier alpha value is -1.35. The average molecular weight is 321 g/mol. The van der Waals surface area contributed by atoms with Gasteiger partial charge in [0.1, 0.15) is 12.4 Å². The van der Waals surface area contributed by atoms with Crippen LogP contribution in [0.1, 0.15) is 20.3 Å². The summed E-state index contributed by atoms with van der Waals surface area (Å²) in [6.07, 6.45) is 0.855. The van der Waals surface area contributed by atoms with Crippen molar-refractivity contribution in [3.63, 3.8) is 0 Å². The zero-order valence-corrected chi connectivity index (χ0v) is 12.7. The van der Waals surface area contributed by atoms with Gasteiger partial charge in [0.25, 0.3) is 0 Å². The van der Waals surface area contributed by atoms with Gasteiger partial charge < -0.3 is 4.74 Å². The van der Waals surface area contributed by atoms with Gasteiger partial charge in [-0.05, 0) is 41.5 Å². The van der Waals surface area contributed by atoms with Gasteiger partial charge in [0, 0.05) is 10.4 Å². The summed E-state index contributed by atoms with van der Waals surface area (Å²) < 4.78 is 6.62. The summed E-state index contributed by atoms with van der Waals surface area (Å²) >= 11 is 3.45. The molecule has 2 rings (SSSR count). The van der Waals surface area contributed by atoms with Crippen molar-refractivity contribution in [3.8, 4) is 5.75 Å². The van der Waals surface area contributed by atoms with Gasteiger partial charge in [0.15, 0.2) is 5.78 Å². The molecule has 0 fully saturated rings. The maximum atomic E-state index is 11.7. The van der Waals surface area contributed by atoms with Crippen LogP contribution < -0.4 is 4.74 Å². The fourth-order valence-corrected chi connectivity index (χ4v) is 2.19. The number of hydrogen-bond acceptors (Lipinski definition) is 2. The number of carbonyl (C=O) groups excluding carboxylic acids is 1. The van der Waals surface area contributed by atoms with E-state index in [1.165, 1.54) is 0 Å². The third-order valence-electron chi connectivity index (χ3n) is 3.32. The fraction of sp³-hybridized carbons (Fsp3) is 0.312. The van der Waals surface area contributed by atoms with Crippen LogP contribution in [0.4, 0.5) is 0 Å². The van der Waals surface area contributed by atoms with E-state index in [2.05, 4.69) is 22.0 Å². The standard InChI is InChI=1S/C16H17BrO2/c1-3-11(2)16(18)10-19-15-7-5-12-8-14(17)6-4-13(12)9-15/h4-9,11H,3,10H2,1-2H3. The van der Waals surface area contributed by atoms with Crippen LogP contribution in [0.5, 0.6) is 5.75 Å². The van der Waals surface area contributed by atoms with E-state index in [1.54, 1.807) is 0 Å². The van der Waals surface area contributed by atoms with Gasteiger partial charge in [-0.1, -0.05) is 41.9 Å². The van der Waals surface area contributed by atoms with Gasteiger partial charge in [-0.3, -0.25) is 4.79 Å². The highest BCUT2D eigenvalue weighted by Crippen LogP contribution is 2.24. The SMILES string of the molecule is CCC(C)C(=O)COc1ccc2cc(Br)ccc2c1. The van der Waals surface area contributed by atoms with Crippen LogP contribution in [0.2, 0.25) is 0 Å². The highest BCUT2D eigenvalue weighted by atomic mass is 79.9. The number of Topliss-reactive ketones (excluding diaryl/α,β-unsaturated/α-hetero) is 1. The average Bonchev–Trinajstić information content (AvgIpc) is 2.43. The lowest BCUT2D eigenvalue weighted by atomic mass is 10.0. The van der Waals surface area contributed by atoms with E-state index < -0.39 is 0 Å². The van der Waals surface area contributed by atoms with Crippen molar-refractivity contribution in [3.05, 3.63) is 40.9 Å². The molecule has 0 aromatic heterocycles. The molecule has 3 heteroatoms. The zero-order chi connectivity index (χ0) is 13.8. The quantitative estimate of drug-likeness (QED) is 0.805. The van der Waals surface area contributed by atoms with Crippen molar-refractivity contribution in [2.24, 2.45) is 5.92 Å². The number of ketones is 1. The molecule has 1 atom stereocenters. The Morgan fingerprint density at radius 1 is 1.21 bits per heavy atom. The van der Waals surface area contributed by atoms with Crippen LogP contribution in [-0.4, -0.2) is 12.4 Å². The van der Waals surface area contributed by atoms with E-state index in [9.17, 15) is 4.79 Å². The molecule has 2 nitrogen and oxygen atoms in total. The molecule has 0 saturated heterocycles. The zero-order valence-electron chi connectivity index (χ0n) is 11.2. The number of hydrogen-bond donors (Lipinski definition) is 0. The molecule has 1 unspecified atom stereocenters. The molecule has 0 saturated carbocycles. The number of rotatable bonds is 5. The minimum absolute atomic E-state index is 0.0661. The second kappa shape index (κ2) is 6.20. The third-order valence-corrected chi connectivity index (χ3v) is 3.81. The first kappa shape index (κ1) is 14.1. The number of halogens is 1. The summed E-state index contributed by atoms with van der Waals surface area (Å²) in [4.78, 5) is 11.7. The topological polar surface area (TPSA) is 26.3 Å². The van der Waals surface area contributed by atoms with Crippen molar-refractivity contribution < 1.29 is 9.53 Å². The largest absolute Gasteiger partial charge is 0.486 e. The summed E-state index contributed by atoms with van der Waals surface area (Å²) in [5.41, 5.74) is 0. The maximum absolute atomic E-state index is 11.7. The van der Waals surface area contributed by atoms with Crippen molar-refractivity contribution in [2.45, 2.75) is 20.3 Å². The van der Waals surface area contributed by atoms with Crippen LogP contribution >= 0.6 is 15.9 Å². The fourth-order valence-electron chi connectivity index (χ4n) is 1.81. The third kappa shape index (κ3) is 3.57. The first-order valence-corrected chi connectivity index (χ1v) is 7.24. The Bertz CT molecular complexity index is 592. The molecule has 0 spiro atoms. The predicted octanol–water partition coefficient (Wildman–Crippen LogP) is 4.60. The van der Waals surface area contributed by atoms with Gasteiger partial charge >= 0.3 is 0 Å². The smallest absolute Gasteiger partial charge is 0.172 e. The summed E-state index contributed by atoms with van der Waals surface area (Å²) in [5.74, 6) is 0.960. The lowest BCUT2D eigenvalue weighted by Crippen LogP contribution is -2.18. The lowest BCUT2D eigenvalue weighted by Gasteiger charge is -2.10. The monoisotopic (exact) mass is 320 g/mol. The van der Waals surface area contributed by atoms with E-state index in [-0.39, 0.29) is 18.3 Å². The van der Waals surface area contributed by atoms with E-state index in [4.69, 9.17) is 4.74 Å². The summed E-state index contributed by atoms with van der Waals surface area (Å²) in [6, 6.07) is 12.0. The van der Waals surface area contributed by atoms with Crippen LogP contribution in [0.15, 0.2) is 40.9 Å². The van der Waals surface area contributed by atoms with Crippen molar-refractivity contribution in [2.75, 3.05) is 6.61 Å². The highest BCUT2D eigenvalue weighted by Gasteiger charge is 2.11. The van der Waals surface area contributed by atoms with Gasteiger partial charge in [0.05, 0.1) is 0 Å². The normalized spacial score (nSPS) is 12.4. The highest BCUT2D eigenvalue weighted by molar-refractivity contribution is 9.10. The molecular formula is C16H17BrO2. The van der Waals surface area contributed by atoms with E-state index >= 15 is 0 Å². The number of ether oxygens (including phenoxy) is 1. The Morgan fingerprint density at radius 2 is 1.89 bits per heavy atom. The van der Waals surface area contributed by atoms with Crippen molar-refractivity contribution >= 4 is 32.5 Å². The Morgan fingerprint density at radius 3 is 2.63 bits per heavy atom. The molecule has 0 aliphatic heterocycles. The first-order valence-electron chi connectivity index (χ1n) is 6.45. The molecule has 2 aromatic rings. The molecule has 0 bridgehead atoms. The second-order valence-electron chi connectivity index (χ2n) is 4.72.